The fourth-order valence-electron chi connectivity index (χ4n) is 3.27. The van der Waals surface area contributed by atoms with E-state index in [0.29, 0.717) is 22.0 Å². The molecule has 0 saturated carbocycles. The van der Waals surface area contributed by atoms with Crippen molar-refractivity contribution in [3.8, 4) is 0 Å². The number of fused-ring (bicyclic) bond motifs is 3. The van der Waals surface area contributed by atoms with Crippen molar-refractivity contribution < 1.29 is 23.1 Å². The first-order valence-electron chi connectivity index (χ1n) is 8.17. The molecule has 5 nitrogen and oxygen atoms in total. The minimum atomic E-state index is -4.14. The van der Waals surface area contributed by atoms with Crippen LogP contribution in [0.2, 0.25) is 0 Å². The molecule has 0 saturated heterocycles. The average molecular weight is 388 g/mol. The summed E-state index contributed by atoms with van der Waals surface area (Å²) in [6.07, 6.45) is 1.26. The van der Waals surface area contributed by atoms with Crippen molar-refractivity contribution in [2.45, 2.75) is 12.7 Å². The lowest BCUT2D eigenvalue weighted by molar-refractivity contribution is 0.371. The van der Waals surface area contributed by atoms with Gasteiger partial charge in [-0.25, -0.2) is 8.78 Å². The molecule has 2 N–H and O–H groups in total. The Morgan fingerprint density at radius 2 is 1.70 bits per heavy atom. The molecule has 0 unspecified atom stereocenters. The lowest BCUT2D eigenvalue weighted by Gasteiger charge is -2.10. The standard InChI is InChI=1S/C19H15F2N2O3P/c20-15-8-7-14-18-16(2-1-9-22-18)23(19(14)17(15)21)10-12-3-5-13(6-4-12)11-27(24,25)26/h1-9H,10-11H2,(H2,24,25,26). The van der Waals surface area contributed by atoms with Crippen LogP contribution < -0.4 is 0 Å². The molecule has 0 spiro atoms. The Morgan fingerprint density at radius 1 is 1.00 bits per heavy atom. The third-order valence-corrected chi connectivity index (χ3v) is 5.20. The predicted octanol–water partition coefficient (Wildman–Crippen LogP) is 4.19. The first-order valence-corrected chi connectivity index (χ1v) is 9.96. The van der Waals surface area contributed by atoms with Crippen molar-refractivity contribution in [1.82, 2.24) is 9.55 Å². The van der Waals surface area contributed by atoms with Crippen LogP contribution in [0.15, 0.2) is 54.7 Å². The third kappa shape index (κ3) is 3.37. The quantitative estimate of drug-likeness (QED) is 0.514. The van der Waals surface area contributed by atoms with E-state index >= 15 is 0 Å². The number of benzene rings is 2. The van der Waals surface area contributed by atoms with E-state index in [9.17, 15) is 13.3 Å². The molecule has 2 aromatic heterocycles. The van der Waals surface area contributed by atoms with Gasteiger partial charge in [0.2, 0.25) is 0 Å². The molecule has 0 aliphatic heterocycles. The zero-order chi connectivity index (χ0) is 19.2. The molecule has 138 valence electrons. The van der Waals surface area contributed by atoms with Gasteiger partial charge in [-0.1, -0.05) is 24.3 Å². The smallest absolute Gasteiger partial charge is 0.329 e. The van der Waals surface area contributed by atoms with Gasteiger partial charge in [-0.15, -0.1) is 0 Å². The number of halogens is 2. The molecule has 0 bridgehead atoms. The highest BCUT2D eigenvalue weighted by molar-refractivity contribution is 7.50. The molecule has 0 aliphatic rings. The fraction of sp³-hybridized carbons (Fsp3) is 0.105. The van der Waals surface area contributed by atoms with Gasteiger partial charge in [-0.05, 0) is 35.4 Å². The number of rotatable bonds is 4. The summed E-state index contributed by atoms with van der Waals surface area (Å²) in [6.45, 7) is 0.266. The monoisotopic (exact) mass is 388 g/mol. The van der Waals surface area contributed by atoms with E-state index in [4.69, 9.17) is 9.79 Å². The summed E-state index contributed by atoms with van der Waals surface area (Å²) in [7, 11) is -4.14. The summed E-state index contributed by atoms with van der Waals surface area (Å²) in [4.78, 5) is 22.4. The topological polar surface area (TPSA) is 75.3 Å². The largest absolute Gasteiger partial charge is 0.332 e. The lowest BCUT2D eigenvalue weighted by atomic mass is 10.1. The molecule has 2 heterocycles. The van der Waals surface area contributed by atoms with Gasteiger partial charge in [0.25, 0.3) is 0 Å². The predicted molar refractivity (Wildman–Crippen MR) is 98.4 cm³/mol. The summed E-state index contributed by atoms with van der Waals surface area (Å²) >= 11 is 0. The summed E-state index contributed by atoms with van der Waals surface area (Å²) in [5.41, 5.74) is 2.70. The minimum absolute atomic E-state index is 0.142. The van der Waals surface area contributed by atoms with Crippen molar-refractivity contribution in [3.05, 3.63) is 77.5 Å². The maximum atomic E-state index is 14.5. The van der Waals surface area contributed by atoms with E-state index < -0.39 is 19.2 Å². The van der Waals surface area contributed by atoms with Crippen LogP contribution in [-0.2, 0) is 17.3 Å². The Morgan fingerprint density at radius 3 is 2.41 bits per heavy atom. The van der Waals surface area contributed by atoms with Gasteiger partial charge in [0.05, 0.1) is 22.7 Å². The van der Waals surface area contributed by atoms with Gasteiger partial charge in [0, 0.05) is 18.1 Å². The van der Waals surface area contributed by atoms with Crippen LogP contribution in [0.3, 0.4) is 0 Å². The van der Waals surface area contributed by atoms with Crippen LogP contribution >= 0.6 is 7.60 Å². The summed E-state index contributed by atoms with van der Waals surface area (Å²) in [5, 5.41) is 0.530. The Balaban J connectivity index is 1.81. The van der Waals surface area contributed by atoms with Gasteiger partial charge in [-0.2, -0.15) is 0 Å². The van der Waals surface area contributed by atoms with Crippen LogP contribution in [0.1, 0.15) is 11.1 Å². The molecule has 0 atom stereocenters. The molecule has 27 heavy (non-hydrogen) atoms. The zero-order valence-corrected chi connectivity index (χ0v) is 14.9. The zero-order valence-electron chi connectivity index (χ0n) is 14.0. The summed E-state index contributed by atoms with van der Waals surface area (Å²) in [6, 6.07) is 12.8. The first-order chi connectivity index (χ1) is 12.8. The van der Waals surface area contributed by atoms with Crippen LogP contribution in [0.25, 0.3) is 21.9 Å². The van der Waals surface area contributed by atoms with Gasteiger partial charge < -0.3 is 14.4 Å². The van der Waals surface area contributed by atoms with Crippen molar-refractivity contribution >= 4 is 29.5 Å². The second-order valence-corrected chi connectivity index (χ2v) is 8.00. The molecule has 0 aliphatic carbocycles. The van der Waals surface area contributed by atoms with Crippen molar-refractivity contribution in [1.29, 1.82) is 0 Å². The molecule has 0 fully saturated rings. The number of nitrogens with zero attached hydrogens (tertiary/aromatic N) is 2. The Bertz CT molecular complexity index is 1200. The van der Waals surface area contributed by atoms with Crippen molar-refractivity contribution in [2.24, 2.45) is 0 Å². The van der Waals surface area contributed by atoms with Crippen molar-refractivity contribution in [2.75, 3.05) is 0 Å². The number of aromatic nitrogens is 2. The van der Waals surface area contributed by atoms with E-state index in [2.05, 4.69) is 4.98 Å². The van der Waals surface area contributed by atoms with E-state index in [-0.39, 0.29) is 18.2 Å². The second-order valence-electron chi connectivity index (χ2n) is 6.35. The van der Waals surface area contributed by atoms with E-state index in [1.165, 1.54) is 6.07 Å². The van der Waals surface area contributed by atoms with Crippen LogP contribution in [0.4, 0.5) is 8.78 Å². The highest BCUT2D eigenvalue weighted by Gasteiger charge is 2.18. The summed E-state index contributed by atoms with van der Waals surface area (Å²) in [5.74, 6) is -1.85. The third-order valence-electron chi connectivity index (χ3n) is 4.42. The van der Waals surface area contributed by atoms with Gasteiger partial charge in [0.1, 0.15) is 0 Å². The maximum absolute atomic E-state index is 14.5. The molecular formula is C19H15F2N2O3P. The molecule has 4 rings (SSSR count). The molecule has 4 aromatic rings. The van der Waals surface area contributed by atoms with Gasteiger partial charge in [0.15, 0.2) is 11.6 Å². The molecule has 0 amide bonds. The Labute approximate surface area is 153 Å². The lowest BCUT2D eigenvalue weighted by Crippen LogP contribution is -2.02. The van der Waals surface area contributed by atoms with Gasteiger partial charge in [-0.3, -0.25) is 9.55 Å². The molecular weight excluding hydrogens is 373 g/mol. The van der Waals surface area contributed by atoms with Crippen molar-refractivity contribution in [3.63, 3.8) is 0 Å². The fourth-order valence-corrected chi connectivity index (χ4v) is 3.96. The van der Waals surface area contributed by atoms with Crippen LogP contribution in [-0.4, -0.2) is 19.3 Å². The summed E-state index contributed by atoms with van der Waals surface area (Å²) < 4.78 is 41.1. The number of hydrogen-bond donors (Lipinski definition) is 2. The maximum Gasteiger partial charge on any atom is 0.329 e. The number of pyridine rings is 1. The SMILES string of the molecule is O=P(O)(O)Cc1ccc(Cn2c3cccnc3c3ccc(F)c(F)c32)cc1. The second kappa shape index (κ2) is 6.53. The van der Waals surface area contributed by atoms with Gasteiger partial charge >= 0.3 is 7.60 Å². The van der Waals surface area contributed by atoms with E-state index in [1.54, 1.807) is 47.2 Å². The van der Waals surface area contributed by atoms with Crippen LogP contribution in [0.5, 0.6) is 0 Å². The highest BCUT2D eigenvalue weighted by Crippen LogP contribution is 2.39. The van der Waals surface area contributed by atoms with E-state index in [1.807, 2.05) is 0 Å². The Hall–Kier alpha value is -2.60. The molecule has 8 heteroatoms. The Kier molecular flexibility index (Phi) is 4.30. The molecule has 2 aromatic carbocycles. The van der Waals surface area contributed by atoms with E-state index in [0.717, 1.165) is 11.6 Å². The average Bonchev–Trinajstić information content (AvgIpc) is 2.93. The first kappa shape index (κ1) is 17.8. The normalized spacial score (nSPS) is 12.1. The number of hydrogen-bond acceptors (Lipinski definition) is 2. The minimum Gasteiger partial charge on any atom is -0.332 e. The van der Waals surface area contributed by atoms with Crippen LogP contribution in [0, 0.1) is 11.6 Å². The highest BCUT2D eigenvalue weighted by atomic mass is 31.2. The molecule has 0 radical (unpaired) electrons.